The molecule has 55 N–H and O–H groups in total. The number of aldehydes is 1. The number of hydrogen-bond acceptors (Lipinski definition) is 36. The fourth-order valence-electron chi connectivity index (χ4n) is 13.9. The molecule has 2 aliphatic carbocycles. The van der Waals surface area contributed by atoms with Gasteiger partial charge >= 0.3 is 5.97 Å². The zero-order valence-corrected chi connectivity index (χ0v) is 81.3. The number of aryl methyl sites for hydroxylation is 1. The van der Waals surface area contributed by atoms with Gasteiger partial charge in [0.2, 0.25) is 0 Å². The van der Waals surface area contributed by atoms with Crippen molar-refractivity contribution in [3.05, 3.63) is 199 Å². The number of aromatic amines is 13. The molecule has 0 spiro atoms. The van der Waals surface area contributed by atoms with Crippen molar-refractivity contribution >= 4 is 159 Å². The molecule has 55 heteroatoms. The van der Waals surface area contributed by atoms with Gasteiger partial charge in [-0.2, -0.15) is 0 Å². The zero-order chi connectivity index (χ0) is 99.6. The van der Waals surface area contributed by atoms with Crippen molar-refractivity contribution < 1.29 is 29.0 Å². The highest BCUT2D eigenvalue weighted by Crippen LogP contribution is 2.58. The number of rotatable bonds is 34. The number of imidazole rings is 10. The molecular formula is C82H133Br4N45O6. The molecule has 11 atom stereocenters. The number of hydrogen-bond donors (Lipinski definition) is 36. The molecule has 750 valence electrons. The number of carbonyl (C=O) groups is 4. The Kier molecular flexibility index (Phi) is 51.7. The Bertz CT molecular complexity index is 5440. The van der Waals surface area contributed by atoms with E-state index in [-0.39, 0.29) is 65.5 Å². The van der Waals surface area contributed by atoms with Crippen LogP contribution in [0.2, 0.25) is 0 Å². The molecule has 13 aromatic rings. The van der Waals surface area contributed by atoms with Gasteiger partial charge < -0.3 is 204 Å². The highest BCUT2D eigenvalue weighted by Gasteiger charge is 2.53. The predicted octanol–water partition coefficient (Wildman–Crippen LogP) is 3.05. The van der Waals surface area contributed by atoms with Gasteiger partial charge in [0, 0.05) is 135 Å². The first-order chi connectivity index (χ1) is 65.3. The Labute approximate surface area is 823 Å². The predicted molar refractivity (Wildman–Crippen MR) is 548 cm³/mol. The van der Waals surface area contributed by atoms with E-state index in [0.29, 0.717) is 180 Å². The number of aliphatic hydroxyl groups excluding tert-OH is 1. The Hall–Kier alpha value is -13.0. The van der Waals surface area contributed by atoms with E-state index in [1.165, 1.54) is 13.3 Å². The van der Waals surface area contributed by atoms with Crippen molar-refractivity contribution in [2.45, 2.75) is 99.6 Å². The van der Waals surface area contributed by atoms with E-state index < -0.39 is 12.1 Å². The summed E-state index contributed by atoms with van der Waals surface area (Å²) in [4.78, 5) is 122. The second kappa shape index (κ2) is 61.9. The van der Waals surface area contributed by atoms with E-state index in [2.05, 4.69) is 199 Å². The van der Waals surface area contributed by atoms with Crippen LogP contribution in [-0.2, 0) is 27.3 Å². The van der Waals surface area contributed by atoms with Crippen LogP contribution >= 0.6 is 63.7 Å². The van der Waals surface area contributed by atoms with E-state index in [9.17, 15) is 24.3 Å². The summed E-state index contributed by atoms with van der Waals surface area (Å²) in [5.74, 6) is 4.84. The number of ether oxygens (including phenoxy) is 1. The van der Waals surface area contributed by atoms with E-state index >= 15 is 0 Å². The van der Waals surface area contributed by atoms with E-state index in [1.54, 1.807) is 92.6 Å². The highest BCUT2D eigenvalue weighted by atomic mass is 79.9. The van der Waals surface area contributed by atoms with E-state index in [0.717, 1.165) is 103 Å². The maximum absolute atomic E-state index is 12.8. The van der Waals surface area contributed by atoms with Crippen LogP contribution in [0.15, 0.2) is 131 Å². The summed E-state index contributed by atoms with van der Waals surface area (Å²) in [6.07, 6.45) is 36.6. The van der Waals surface area contributed by atoms with Gasteiger partial charge in [0.05, 0.1) is 96.6 Å². The number of halogens is 4. The lowest BCUT2D eigenvalue weighted by Gasteiger charge is -2.51. The summed E-state index contributed by atoms with van der Waals surface area (Å²) in [5, 5.41) is 18.7. The maximum Gasteiger partial charge on any atom is 0.322 e. The molecule has 2 amide bonds. The number of anilines is 10. The number of nitrogen functional groups attached to an aromatic ring is 10. The van der Waals surface area contributed by atoms with Crippen molar-refractivity contribution in [1.29, 1.82) is 0 Å². The van der Waals surface area contributed by atoms with E-state index in [4.69, 9.17) is 109 Å². The summed E-state index contributed by atoms with van der Waals surface area (Å²) in [6, 6.07) is 5.01. The molecule has 137 heavy (non-hydrogen) atoms. The summed E-state index contributed by atoms with van der Waals surface area (Å²) < 4.78 is 7.09. The second-order valence-electron chi connectivity index (χ2n) is 30.0. The Morgan fingerprint density at radius 2 is 0.905 bits per heavy atom. The monoisotopic (exact) mass is 2160 g/mol. The van der Waals surface area contributed by atoms with Gasteiger partial charge in [-0.15, -0.1) is 0 Å². The van der Waals surface area contributed by atoms with Crippen LogP contribution in [0.1, 0.15) is 158 Å². The quantitative estimate of drug-likeness (QED) is 0.0156. The lowest BCUT2D eigenvalue weighted by molar-refractivity contribution is -0.142. The lowest BCUT2D eigenvalue weighted by atomic mass is 9.54. The fourth-order valence-corrected chi connectivity index (χ4v) is 15.5. The number of esters is 1. The minimum atomic E-state index is -0.579. The summed E-state index contributed by atoms with van der Waals surface area (Å²) in [6.45, 7) is 6.85. The summed E-state index contributed by atoms with van der Waals surface area (Å²) in [7, 11) is 1.32. The summed E-state index contributed by atoms with van der Waals surface area (Å²) >= 11 is 13.6. The van der Waals surface area contributed by atoms with Crippen LogP contribution < -0.4 is 125 Å². The number of alkyl halides is 1. The number of amides is 2. The minimum absolute atomic E-state index is 0. The number of nitrogens with zero attached hydrogens (tertiary/aromatic N) is 10. The molecule has 2 aliphatic rings. The number of H-pyrrole nitrogens is 13. The Morgan fingerprint density at radius 1 is 0.467 bits per heavy atom. The normalized spacial score (nSPS) is 16.5. The van der Waals surface area contributed by atoms with Gasteiger partial charge in [-0.1, -0.05) is 35.5 Å². The number of aromatic nitrogens is 23. The van der Waals surface area contributed by atoms with Crippen LogP contribution in [-0.4, -0.2) is 229 Å². The highest BCUT2D eigenvalue weighted by molar-refractivity contribution is 9.11. The molecule has 0 saturated heterocycles. The van der Waals surface area contributed by atoms with Crippen LogP contribution in [0.5, 0.6) is 0 Å². The minimum Gasteiger partial charge on any atom is -0.468 e. The number of aliphatic hydroxyl groups is 1. The maximum atomic E-state index is 12.8. The molecule has 0 aromatic carbocycles. The molecule has 13 aromatic heterocycles. The van der Waals surface area contributed by atoms with Crippen LogP contribution in [0.25, 0.3) is 12.2 Å². The zero-order valence-electron chi connectivity index (χ0n) is 74.9. The third-order valence-electron chi connectivity index (χ3n) is 20.3. The Morgan fingerprint density at radius 3 is 1.26 bits per heavy atom. The lowest BCUT2D eigenvalue weighted by Crippen LogP contribution is -2.52. The summed E-state index contributed by atoms with van der Waals surface area (Å²) in [5.41, 5.74) is 114. The molecule has 2 saturated carbocycles. The third kappa shape index (κ3) is 39.3. The van der Waals surface area contributed by atoms with Crippen LogP contribution in [0.4, 0.5) is 59.5 Å². The van der Waals surface area contributed by atoms with Crippen molar-refractivity contribution in [3.63, 3.8) is 0 Å². The van der Waals surface area contributed by atoms with E-state index in [1.807, 2.05) is 30.5 Å². The first-order valence-corrected chi connectivity index (χ1v) is 45.9. The first-order valence-electron chi connectivity index (χ1n) is 42.6. The number of nitrogens with two attached hydrogens (primary N) is 19. The largest absolute Gasteiger partial charge is 0.468 e. The van der Waals surface area contributed by atoms with Gasteiger partial charge in [0.25, 0.3) is 11.8 Å². The Balaban J connectivity index is 0.000000284. The number of methoxy groups -OCH3 is 1. The average molecular weight is 2160 g/mol. The van der Waals surface area contributed by atoms with Crippen LogP contribution in [0.3, 0.4) is 0 Å². The SMILES string of the molecule is C.COC(=O)C(N)CCCN.NC/C=C/c1cnc(N)[nH]1.NCCC(Br)c1cnc(N)[nH]1.NCCC(O)c1cnc(N)[nH]1.NCCC=O.NCCCc1cnc(N)[nH]1.NC[C@@H]1[C@@H](CN)[C@H](c2cnc(N)[nH]2)[C@H]1c1cnc(N)[nH]1.Nc1ncc(/C=C/CNC(=O)c2cc(Br)c[nH]2)[nH]1.Nc1ncc([C@H]2[C@H](CNCc3cc(Br)c[nH]3)[C@@H](CNC(=O)c3cc(Br)c[nH]3)[C@@H]2c2cnc(N)[nH]2)[nH]1.Nc1ncc[nH]1. The van der Waals surface area contributed by atoms with Gasteiger partial charge in [0.1, 0.15) is 23.7 Å². The molecule has 0 aliphatic heterocycles. The van der Waals surface area contributed by atoms with Gasteiger partial charge in [0.15, 0.2) is 59.5 Å². The first kappa shape index (κ1) is 114. The second-order valence-corrected chi connectivity index (χ2v) is 33.9. The molecule has 0 radical (unpaired) electrons. The number of carbonyl (C=O) groups excluding carboxylic acids is 4. The van der Waals surface area contributed by atoms with Crippen molar-refractivity contribution in [3.8, 4) is 0 Å². The van der Waals surface area contributed by atoms with Crippen molar-refractivity contribution in [1.82, 2.24) is 131 Å². The molecule has 13 heterocycles. The van der Waals surface area contributed by atoms with Gasteiger partial charge in [-0.3, -0.25) is 14.4 Å². The third-order valence-corrected chi connectivity index (χ3v) is 22.6. The molecule has 51 nitrogen and oxygen atoms in total. The standard InChI is InChI=1S/C22H26Br2N10O.C12H20N8.C11H12BrN5O.C6H11BrN4.C6H12N4O.C6H12N4.C6H10N4.C6H14N2O2.C3H5N3.C3H7NO.CH4/c23-10-1-12(28-3-10)5-27-6-13-14(7-30-20(35)15-2-11(24)4-29-15)19(17-9-32-22(26)34-17)18(13)16-8-31-21(25)33-16;13-1-5-6(2-14)10(8-4-18-12(16)20-8)9(5)7-3-17-11(15)19-7;12-7-4-9(15-5-7)10(18)14-3-1-2-8-6-16-11(13)17-8;7-4(1-2-8)5-3-10-6(9)11-5;7-2-1-5(11)4-3-9-6(8)10-4;2*7-3-1-2-5-4-9-6(8)10-5;1-10-6(9)5(8)3-2-4-7;4-3-5-1-2-6-3;4-2-1-3-5;/h1-4,8-9,13-14,18-19,27-29H,5-7H2,(H,30,35)(H3,25,31,33)(H3,26,32,34);3-6,9-10H,1-2,13-14H2,(H3,15,17,19)(H3,16,18,20);1-2,4-6,15H,3H2,(H,14,18)(H3,13,16,17);3-4H,1-2,8H2,(H3,9,10,11);3,5,11H,1-2,7H2,(H3,8,9,10);4H,1-3,7H2,(H3,8,9,10);1-2,4H,3,7H2,(H3,8,9,10);5H,2-4,7-8H2,1H3;1-2H,(H3,4,5,6);3H,1-2,4H2;1H4/b;;2-1+;;;;2-1+;;;;/t13-,14-,18-,19-;5-,6-,9-,10-;;;;;;;;;/m11........./s1. The van der Waals surface area contributed by atoms with Crippen LogP contribution in [0, 0.1) is 23.7 Å². The molecule has 3 unspecified atom stereocenters. The molecular weight excluding hydrogens is 2030 g/mol. The molecule has 0 bridgehead atoms. The van der Waals surface area contributed by atoms with Crippen molar-refractivity contribution in [2.75, 3.05) is 136 Å². The van der Waals surface area contributed by atoms with Crippen molar-refractivity contribution in [2.24, 2.45) is 75.3 Å². The molecule has 15 rings (SSSR count). The smallest absolute Gasteiger partial charge is 0.322 e. The fraction of sp³-hybridized carbons (Fsp3) is 0.390. The average Bonchev–Trinajstić information content (AvgIpc) is 1.51. The number of nitrogens with one attached hydrogen (secondary N) is 16. The van der Waals surface area contributed by atoms with Gasteiger partial charge in [-0.05, 0) is 193 Å². The molecule has 2 fully saturated rings. The topological polar surface area (TPSA) is 962 Å². The van der Waals surface area contributed by atoms with Gasteiger partial charge in [-0.25, -0.2) is 49.8 Å².